The predicted octanol–water partition coefficient (Wildman–Crippen LogP) is 2.82. The molecule has 0 atom stereocenters. The van der Waals surface area contributed by atoms with Crippen molar-refractivity contribution >= 4 is 5.78 Å². The number of aromatic nitrogens is 5. The first-order chi connectivity index (χ1) is 13.0. The Morgan fingerprint density at radius 3 is 2.81 bits per heavy atom. The van der Waals surface area contributed by atoms with Crippen LogP contribution in [0.3, 0.4) is 0 Å². The zero-order valence-corrected chi connectivity index (χ0v) is 15.6. The molecule has 0 N–H and O–H groups in total. The summed E-state index contributed by atoms with van der Waals surface area (Å²) in [6.45, 7) is 5.35. The number of carbonyl (C=O) groups excluding carboxylic acids is 1. The predicted molar refractivity (Wildman–Crippen MR) is 97.9 cm³/mol. The number of ketones is 1. The van der Waals surface area contributed by atoms with Crippen molar-refractivity contribution in [3.05, 3.63) is 53.1 Å². The van der Waals surface area contributed by atoms with Crippen molar-refractivity contribution in [1.82, 2.24) is 24.8 Å². The van der Waals surface area contributed by atoms with Crippen LogP contribution in [-0.4, -0.2) is 44.3 Å². The Hall–Kier alpha value is -2.87. The van der Waals surface area contributed by atoms with Gasteiger partial charge in [0.05, 0.1) is 0 Å². The van der Waals surface area contributed by atoms with Crippen molar-refractivity contribution in [2.45, 2.75) is 33.4 Å². The molecule has 7 nitrogen and oxygen atoms in total. The van der Waals surface area contributed by atoms with Crippen LogP contribution in [0.25, 0.3) is 11.4 Å². The monoisotopic (exact) mass is 371 g/mol. The third kappa shape index (κ3) is 4.28. The number of rotatable bonds is 8. The average molecular weight is 371 g/mol. The zero-order chi connectivity index (χ0) is 19.4. The van der Waals surface area contributed by atoms with Crippen LogP contribution in [0.15, 0.2) is 30.3 Å². The summed E-state index contributed by atoms with van der Waals surface area (Å²) in [5.41, 5.74) is 3.11. The first kappa shape index (κ1) is 18.9. The molecule has 0 radical (unpaired) electrons. The topological polar surface area (TPSA) is 74.8 Å². The number of methoxy groups -OCH3 is 1. The van der Waals surface area contributed by atoms with Gasteiger partial charge in [-0.2, -0.15) is 4.80 Å². The molecule has 0 spiro atoms. The number of nitrogens with zero attached hydrogens (tertiary/aromatic N) is 5. The van der Waals surface area contributed by atoms with Crippen molar-refractivity contribution in [3.63, 3.8) is 0 Å². The molecule has 27 heavy (non-hydrogen) atoms. The molecule has 0 aliphatic carbocycles. The Balaban J connectivity index is 1.74. The Labute approximate surface area is 156 Å². The van der Waals surface area contributed by atoms with Gasteiger partial charge in [-0.3, -0.25) is 4.79 Å². The van der Waals surface area contributed by atoms with Gasteiger partial charge in [0.1, 0.15) is 12.4 Å². The fourth-order valence-electron chi connectivity index (χ4n) is 3.06. The van der Waals surface area contributed by atoms with Crippen LogP contribution >= 0.6 is 0 Å². The van der Waals surface area contributed by atoms with E-state index in [1.807, 2.05) is 19.9 Å². The second-order valence-electron chi connectivity index (χ2n) is 6.36. The summed E-state index contributed by atoms with van der Waals surface area (Å²) in [6.07, 6.45) is 0.877. The number of carbonyl (C=O) groups is 1. The number of Topliss-reactive ketones (excluding diaryl/α,β-unsaturated/α-hetero) is 1. The molecule has 0 aliphatic heterocycles. The molecule has 8 heteroatoms. The fraction of sp³-hybridized carbons (Fsp3) is 0.368. The van der Waals surface area contributed by atoms with E-state index in [9.17, 15) is 9.18 Å². The van der Waals surface area contributed by atoms with Gasteiger partial charge in [-0.25, -0.2) is 4.39 Å². The summed E-state index contributed by atoms with van der Waals surface area (Å²) in [7, 11) is 1.67. The summed E-state index contributed by atoms with van der Waals surface area (Å²) in [4.78, 5) is 13.9. The fourth-order valence-corrected chi connectivity index (χ4v) is 3.06. The van der Waals surface area contributed by atoms with E-state index in [1.165, 1.54) is 16.9 Å². The summed E-state index contributed by atoms with van der Waals surface area (Å²) < 4.78 is 20.5. The van der Waals surface area contributed by atoms with Crippen molar-refractivity contribution < 1.29 is 13.9 Å². The molecule has 0 unspecified atom stereocenters. The molecule has 3 rings (SSSR count). The summed E-state index contributed by atoms with van der Waals surface area (Å²) >= 11 is 0. The average Bonchev–Trinajstić information content (AvgIpc) is 3.21. The first-order valence-corrected chi connectivity index (χ1v) is 8.72. The number of tetrazole rings is 1. The van der Waals surface area contributed by atoms with Crippen LogP contribution in [0.4, 0.5) is 4.39 Å². The highest BCUT2D eigenvalue weighted by Crippen LogP contribution is 2.18. The van der Waals surface area contributed by atoms with Crippen LogP contribution in [0.5, 0.6) is 0 Å². The van der Waals surface area contributed by atoms with Crippen molar-refractivity contribution in [1.29, 1.82) is 0 Å². The maximum absolute atomic E-state index is 13.3. The van der Waals surface area contributed by atoms with E-state index in [1.54, 1.807) is 19.2 Å². The van der Waals surface area contributed by atoms with E-state index >= 15 is 0 Å². The number of hydrogen-bond acceptors (Lipinski definition) is 5. The van der Waals surface area contributed by atoms with E-state index in [4.69, 9.17) is 4.74 Å². The third-order valence-electron chi connectivity index (χ3n) is 4.42. The van der Waals surface area contributed by atoms with Gasteiger partial charge < -0.3 is 9.30 Å². The summed E-state index contributed by atoms with van der Waals surface area (Å²) in [5, 5.41) is 12.0. The number of benzene rings is 1. The summed E-state index contributed by atoms with van der Waals surface area (Å²) in [5.74, 6) is -0.183. The van der Waals surface area contributed by atoms with Crippen LogP contribution in [-0.2, 0) is 17.8 Å². The molecule has 0 bridgehead atoms. The van der Waals surface area contributed by atoms with E-state index < -0.39 is 0 Å². The molecule has 0 fully saturated rings. The maximum Gasteiger partial charge on any atom is 0.205 e. The Morgan fingerprint density at radius 2 is 2.07 bits per heavy atom. The van der Waals surface area contributed by atoms with Gasteiger partial charge >= 0.3 is 0 Å². The van der Waals surface area contributed by atoms with Gasteiger partial charge in [0.15, 0.2) is 5.78 Å². The molecule has 2 heterocycles. The molecule has 1 aromatic carbocycles. The quantitative estimate of drug-likeness (QED) is 0.450. The molecular formula is C19H22FN5O2. The first-order valence-electron chi connectivity index (χ1n) is 8.72. The van der Waals surface area contributed by atoms with E-state index in [-0.39, 0.29) is 24.0 Å². The molecule has 3 aromatic rings. The molecule has 0 aliphatic rings. The zero-order valence-electron chi connectivity index (χ0n) is 15.6. The molecular weight excluding hydrogens is 349 g/mol. The molecule has 2 aromatic heterocycles. The van der Waals surface area contributed by atoms with Gasteiger partial charge in [-0.05, 0) is 43.7 Å². The van der Waals surface area contributed by atoms with Gasteiger partial charge in [0.2, 0.25) is 5.82 Å². The molecule has 0 saturated heterocycles. The number of hydrogen-bond donors (Lipinski definition) is 0. The van der Waals surface area contributed by atoms with E-state index in [2.05, 4.69) is 20.0 Å². The molecule has 0 saturated carbocycles. The lowest BCUT2D eigenvalue weighted by Gasteiger charge is -2.09. The highest BCUT2D eigenvalue weighted by atomic mass is 19.1. The minimum atomic E-state index is -0.374. The van der Waals surface area contributed by atoms with Crippen LogP contribution in [0.2, 0.25) is 0 Å². The standard InChI is InChI=1S/C19H22FN5O2/c1-13-10-17(14(2)24(13)8-5-9-27-3)18(26)12-25-22-19(21-23-25)15-6-4-7-16(20)11-15/h4,6-7,10-11H,5,8-9,12H2,1-3H3. The lowest BCUT2D eigenvalue weighted by molar-refractivity contribution is 0.0960. The molecule has 0 amide bonds. The second kappa shape index (κ2) is 8.22. The van der Waals surface area contributed by atoms with Gasteiger partial charge in [0.25, 0.3) is 0 Å². The van der Waals surface area contributed by atoms with Crippen LogP contribution in [0.1, 0.15) is 28.2 Å². The Kier molecular flexibility index (Phi) is 5.75. The smallest absolute Gasteiger partial charge is 0.205 e. The SMILES string of the molecule is COCCCn1c(C)cc(C(=O)Cn2nnc(-c3cccc(F)c3)n2)c1C. The Morgan fingerprint density at radius 1 is 1.26 bits per heavy atom. The van der Waals surface area contributed by atoms with Crippen LogP contribution < -0.4 is 0 Å². The van der Waals surface area contributed by atoms with E-state index in [0.29, 0.717) is 17.7 Å². The van der Waals surface area contributed by atoms with Crippen molar-refractivity contribution in [2.75, 3.05) is 13.7 Å². The molecule has 142 valence electrons. The highest BCUT2D eigenvalue weighted by molar-refractivity contribution is 5.97. The number of aryl methyl sites for hydroxylation is 1. The third-order valence-corrected chi connectivity index (χ3v) is 4.42. The second-order valence-corrected chi connectivity index (χ2v) is 6.36. The minimum Gasteiger partial charge on any atom is -0.385 e. The Bertz CT molecular complexity index is 947. The highest BCUT2D eigenvalue weighted by Gasteiger charge is 2.17. The summed E-state index contributed by atoms with van der Waals surface area (Å²) in [6, 6.07) is 7.83. The maximum atomic E-state index is 13.3. The van der Waals surface area contributed by atoms with E-state index in [0.717, 1.165) is 24.4 Å². The van der Waals surface area contributed by atoms with Crippen LogP contribution in [0, 0.1) is 19.7 Å². The van der Waals surface area contributed by atoms with Crippen molar-refractivity contribution in [3.8, 4) is 11.4 Å². The minimum absolute atomic E-state index is 0.0231. The van der Waals surface area contributed by atoms with Gasteiger partial charge in [-0.1, -0.05) is 12.1 Å². The number of ether oxygens (including phenoxy) is 1. The van der Waals surface area contributed by atoms with Crippen molar-refractivity contribution in [2.24, 2.45) is 0 Å². The largest absolute Gasteiger partial charge is 0.385 e. The normalized spacial score (nSPS) is 11.1. The van der Waals surface area contributed by atoms with Gasteiger partial charge in [0, 0.05) is 42.8 Å². The lowest BCUT2D eigenvalue weighted by Crippen LogP contribution is -2.14. The number of halogens is 1. The van der Waals surface area contributed by atoms with Gasteiger partial charge in [-0.15, -0.1) is 10.2 Å². The lowest BCUT2D eigenvalue weighted by atomic mass is 10.1.